The fourth-order valence-electron chi connectivity index (χ4n) is 1.62. The third-order valence-corrected chi connectivity index (χ3v) is 3.54. The summed E-state index contributed by atoms with van der Waals surface area (Å²) in [6.07, 6.45) is 0.414. The van der Waals surface area contributed by atoms with Crippen LogP contribution in [0.15, 0.2) is 22.7 Å². The van der Waals surface area contributed by atoms with Crippen LogP contribution in [0.4, 0.5) is 5.69 Å². The number of hydrogen-bond donors (Lipinski definition) is 2. The average Bonchev–Trinajstić information content (AvgIpc) is 2.42. The predicted molar refractivity (Wildman–Crippen MR) is 85.0 cm³/mol. The number of carbonyl (C=O) groups excluding carboxylic acids is 1. The lowest BCUT2D eigenvalue weighted by Gasteiger charge is -2.09. The molecule has 1 aromatic carbocycles. The maximum absolute atomic E-state index is 11.5. The lowest BCUT2D eigenvalue weighted by molar-refractivity contribution is -0.384. The van der Waals surface area contributed by atoms with Crippen LogP contribution < -0.4 is 10.6 Å². The molecule has 2 N–H and O–H groups in total. The molecule has 0 radical (unpaired) electrons. The van der Waals surface area contributed by atoms with Gasteiger partial charge in [-0.3, -0.25) is 14.9 Å². The van der Waals surface area contributed by atoms with Gasteiger partial charge in [-0.1, -0.05) is 29.8 Å². The smallest absolute Gasteiger partial charge is 0.270 e. The monoisotopic (exact) mass is 357 g/mol. The summed E-state index contributed by atoms with van der Waals surface area (Å²) < 4.78 is 0.688. The van der Waals surface area contributed by atoms with Gasteiger partial charge in [0.2, 0.25) is 5.91 Å². The largest absolute Gasteiger partial charge is 0.356 e. The van der Waals surface area contributed by atoms with Crippen LogP contribution in [-0.4, -0.2) is 23.9 Å². The number of nitrogens with zero attached hydrogens (tertiary/aromatic N) is 1. The minimum absolute atomic E-state index is 0.0268. The Morgan fingerprint density at radius 3 is 2.71 bits per heavy atom. The molecule has 0 bridgehead atoms. The van der Waals surface area contributed by atoms with E-state index in [9.17, 15) is 14.9 Å². The molecule has 0 fully saturated rings. The highest BCUT2D eigenvalue weighted by Crippen LogP contribution is 2.22. The van der Waals surface area contributed by atoms with Crippen LogP contribution in [0, 0.1) is 16.0 Å². The van der Waals surface area contributed by atoms with Gasteiger partial charge in [0.05, 0.1) is 4.92 Å². The fraction of sp³-hybridized carbons (Fsp3) is 0.500. The molecule has 1 aromatic rings. The van der Waals surface area contributed by atoms with Crippen molar-refractivity contribution in [2.24, 2.45) is 5.92 Å². The molecule has 116 valence electrons. The molecule has 0 aliphatic carbocycles. The number of rotatable bonds is 8. The van der Waals surface area contributed by atoms with E-state index in [4.69, 9.17) is 0 Å². The van der Waals surface area contributed by atoms with Crippen molar-refractivity contribution in [3.05, 3.63) is 38.3 Å². The third-order valence-electron chi connectivity index (χ3n) is 2.80. The Hall–Kier alpha value is -1.47. The fourth-order valence-corrected chi connectivity index (χ4v) is 2.13. The molecule has 0 heterocycles. The van der Waals surface area contributed by atoms with Crippen molar-refractivity contribution in [1.82, 2.24) is 10.6 Å². The number of non-ortho nitro benzene ring substituents is 1. The van der Waals surface area contributed by atoms with Crippen molar-refractivity contribution in [1.29, 1.82) is 0 Å². The number of nitro benzene ring substituents is 1. The van der Waals surface area contributed by atoms with Crippen molar-refractivity contribution >= 4 is 27.5 Å². The predicted octanol–water partition coefficient (Wildman–Crippen LogP) is 2.61. The van der Waals surface area contributed by atoms with Gasteiger partial charge in [0.15, 0.2) is 0 Å². The van der Waals surface area contributed by atoms with Crippen molar-refractivity contribution in [3.63, 3.8) is 0 Å². The van der Waals surface area contributed by atoms with Crippen LogP contribution in [0.1, 0.15) is 25.8 Å². The first kappa shape index (κ1) is 17.6. The molecular formula is C14H20BrN3O3. The van der Waals surface area contributed by atoms with Crippen LogP contribution in [-0.2, 0) is 11.3 Å². The number of nitro groups is 1. The number of amides is 1. The average molecular weight is 358 g/mol. The molecule has 0 aliphatic rings. The zero-order chi connectivity index (χ0) is 15.8. The third kappa shape index (κ3) is 6.68. The summed E-state index contributed by atoms with van der Waals surface area (Å²) in [4.78, 5) is 21.7. The van der Waals surface area contributed by atoms with Crippen molar-refractivity contribution < 1.29 is 9.72 Å². The van der Waals surface area contributed by atoms with Crippen LogP contribution in [0.2, 0.25) is 0 Å². The SMILES string of the molecule is CC(C)CNC(=O)CCNCc1ccc([N+](=O)[O-])cc1Br. The van der Waals surface area contributed by atoms with Crippen LogP contribution in [0.25, 0.3) is 0 Å². The maximum Gasteiger partial charge on any atom is 0.270 e. The maximum atomic E-state index is 11.5. The van der Waals surface area contributed by atoms with E-state index in [2.05, 4.69) is 26.6 Å². The summed E-state index contributed by atoms with van der Waals surface area (Å²) in [5.74, 6) is 0.469. The van der Waals surface area contributed by atoms with Crippen molar-refractivity contribution in [2.75, 3.05) is 13.1 Å². The Balaban J connectivity index is 2.33. The molecule has 0 saturated heterocycles. The van der Waals surface area contributed by atoms with Gasteiger partial charge in [-0.2, -0.15) is 0 Å². The van der Waals surface area contributed by atoms with Gasteiger partial charge in [0.25, 0.3) is 5.69 Å². The molecule has 0 spiro atoms. The zero-order valence-electron chi connectivity index (χ0n) is 12.2. The molecule has 0 unspecified atom stereocenters. The van der Waals surface area contributed by atoms with Gasteiger partial charge in [-0.25, -0.2) is 0 Å². The Bertz CT molecular complexity index is 506. The van der Waals surface area contributed by atoms with E-state index in [-0.39, 0.29) is 11.6 Å². The van der Waals surface area contributed by atoms with E-state index < -0.39 is 4.92 Å². The van der Waals surface area contributed by atoms with Gasteiger partial charge in [0.1, 0.15) is 0 Å². The van der Waals surface area contributed by atoms with Crippen LogP contribution in [0.3, 0.4) is 0 Å². The number of hydrogen-bond acceptors (Lipinski definition) is 4. The minimum atomic E-state index is -0.430. The van der Waals surface area contributed by atoms with E-state index in [1.54, 1.807) is 6.07 Å². The van der Waals surface area contributed by atoms with Gasteiger partial charge in [-0.05, 0) is 17.5 Å². The number of benzene rings is 1. The van der Waals surface area contributed by atoms with Crippen molar-refractivity contribution in [3.8, 4) is 0 Å². The molecule has 6 nitrogen and oxygen atoms in total. The normalized spacial score (nSPS) is 10.7. The number of carbonyl (C=O) groups is 1. The first-order valence-electron chi connectivity index (χ1n) is 6.80. The quantitative estimate of drug-likeness (QED) is 0.425. The highest BCUT2D eigenvalue weighted by Gasteiger charge is 2.09. The molecule has 0 aromatic heterocycles. The summed E-state index contributed by atoms with van der Waals surface area (Å²) in [5, 5.41) is 16.6. The first-order chi connectivity index (χ1) is 9.90. The second-order valence-electron chi connectivity index (χ2n) is 5.16. The van der Waals surface area contributed by atoms with Crippen LogP contribution >= 0.6 is 15.9 Å². The highest BCUT2D eigenvalue weighted by molar-refractivity contribution is 9.10. The standard InChI is InChI=1S/C14H20BrN3O3/c1-10(2)8-17-14(19)5-6-16-9-11-3-4-12(18(20)21)7-13(11)15/h3-4,7,10,16H,5-6,8-9H2,1-2H3,(H,17,19). The molecule has 1 rings (SSSR count). The Morgan fingerprint density at radius 1 is 1.43 bits per heavy atom. The number of halogens is 1. The molecule has 1 amide bonds. The van der Waals surface area contributed by atoms with E-state index >= 15 is 0 Å². The number of nitrogens with one attached hydrogen (secondary N) is 2. The van der Waals surface area contributed by atoms with E-state index in [1.807, 2.05) is 13.8 Å². The second kappa shape index (κ2) is 8.74. The molecular weight excluding hydrogens is 338 g/mol. The minimum Gasteiger partial charge on any atom is -0.356 e. The van der Waals surface area contributed by atoms with Gasteiger partial charge in [-0.15, -0.1) is 0 Å². The summed E-state index contributed by atoms with van der Waals surface area (Å²) in [6.45, 7) is 5.89. The Morgan fingerprint density at radius 2 is 2.14 bits per heavy atom. The summed E-state index contributed by atoms with van der Waals surface area (Å²) in [6, 6.07) is 4.65. The topological polar surface area (TPSA) is 84.3 Å². The second-order valence-corrected chi connectivity index (χ2v) is 6.01. The lowest BCUT2D eigenvalue weighted by atomic mass is 10.2. The Kier molecular flexibility index (Phi) is 7.31. The van der Waals surface area contributed by atoms with Gasteiger partial charge in [0, 0.05) is 42.7 Å². The molecule has 0 atom stereocenters. The molecule has 7 heteroatoms. The lowest BCUT2D eigenvalue weighted by Crippen LogP contribution is -2.30. The Labute approximate surface area is 132 Å². The summed E-state index contributed by atoms with van der Waals surface area (Å²) in [7, 11) is 0. The van der Waals surface area contributed by atoms with E-state index in [0.717, 1.165) is 5.56 Å². The molecule has 0 aliphatic heterocycles. The van der Waals surface area contributed by atoms with Crippen molar-refractivity contribution in [2.45, 2.75) is 26.8 Å². The molecule has 21 heavy (non-hydrogen) atoms. The zero-order valence-corrected chi connectivity index (χ0v) is 13.8. The van der Waals surface area contributed by atoms with Gasteiger partial charge >= 0.3 is 0 Å². The van der Waals surface area contributed by atoms with E-state index in [1.165, 1.54) is 12.1 Å². The highest BCUT2D eigenvalue weighted by atomic mass is 79.9. The van der Waals surface area contributed by atoms with E-state index in [0.29, 0.717) is 36.4 Å². The van der Waals surface area contributed by atoms with Crippen LogP contribution in [0.5, 0.6) is 0 Å². The molecule has 0 saturated carbocycles. The first-order valence-corrected chi connectivity index (χ1v) is 7.59. The summed E-state index contributed by atoms with van der Waals surface area (Å²) in [5.41, 5.74) is 0.974. The van der Waals surface area contributed by atoms with Gasteiger partial charge < -0.3 is 10.6 Å². The summed E-state index contributed by atoms with van der Waals surface area (Å²) >= 11 is 3.31.